The van der Waals surface area contributed by atoms with Crippen LogP contribution in [0.1, 0.15) is 22.3 Å². The maximum atomic E-state index is 9.77. The Morgan fingerprint density at radius 2 is 0.778 bits per heavy atom. The number of rotatable bonds is 10. The van der Waals surface area contributed by atoms with Gasteiger partial charge in [0.05, 0.1) is 18.6 Å². The van der Waals surface area contributed by atoms with Crippen molar-refractivity contribution in [1.29, 1.82) is 0 Å². The minimum Gasteiger partial charge on any atom is -0.491 e. The molecule has 1 aliphatic carbocycles. The van der Waals surface area contributed by atoms with E-state index in [0.29, 0.717) is 11.5 Å². The lowest BCUT2D eigenvalue weighted by molar-refractivity contribution is 0.201. The van der Waals surface area contributed by atoms with Crippen LogP contribution in [0, 0.1) is 0 Å². The van der Waals surface area contributed by atoms with E-state index in [1.54, 1.807) is 0 Å². The molecule has 0 radical (unpaired) electrons. The third-order valence-corrected chi connectivity index (χ3v) is 8.64. The molecule has 0 aromatic heterocycles. The van der Waals surface area contributed by atoms with Gasteiger partial charge in [-0.2, -0.15) is 0 Å². The SMILES string of the molecule is OCCOc1cccc(C2(c3cccc(OCCO)c3-c3ccccc3)c3ccccc3-c3ccccc32)c1-c1ccccc1. The summed E-state index contributed by atoms with van der Waals surface area (Å²) in [7, 11) is 0. The van der Waals surface area contributed by atoms with Crippen molar-refractivity contribution in [2.45, 2.75) is 5.41 Å². The Hall–Kier alpha value is -5.16. The van der Waals surface area contributed by atoms with E-state index in [1.165, 1.54) is 22.3 Å². The molecule has 0 heterocycles. The van der Waals surface area contributed by atoms with Gasteiger partial charge in [0.15, 0.2) is 0 Å². The van der Waals surface area contributed by atoms with Crippen LogP contribution in [0.2, 0.25) is 0 Å². The Bertz CT molecular complexity index is 1790. The van der Waals surface area contributed by atoms with E-state index >= 15 is 0 Å². The molecule has 0 aliphatic heterocycles. The quantitative estimate of drug-likeness (QED) is 0.169. The first-order valence-electron chi connectivity index (χ1n) is 15.3. The first kappa shape index (κ1) is 28.6. The fourth-order valence-electron chi connectivity index (χ4n) is 7.00. The van der Waals surface area contributed by atoms with Crippen molar-refractivity contribution >= 4 is 0 Å². The van der Waals surface area contributed by atoms with Crippen LogP contribution in [0.3, 0.4) is 0 Å². The zero-order chi connectivity index (χ0) is 30.6. The number of hydrogen-bond donors (Lipinski definition) is 2. The Morgan fingerprint density at radius 3 is 1.20 bits per heavy atom. The van der Waals surface area contributed by atoms with E-state index in [9.17, 15) is 10.2 Å². The van der Waals surface area contributed by atoms with E-state index in [2.05, 4.69) is 84.9 Å². The Morgan fingerprint density at radius 1 is 0.400 bits per heavy atom. The van der Waals surface area contributed by atoms with Crippen LogP contribution in [0.25, 0.3) is 33.4 Å². The number of hydrogen-bond acceptors (Lipinski definition) is 4. The third-order valence-electron chi connectivity index (χ3n) is 8.64. The normalized spacial score (nSPS) is 12.8. The van der Waals surface area contributed by atoms with Crippen LogP contribution in [-0.4, -0.2) is 36.6 Å². The van der Waals surface area contributed by atoms with Gasteiger partial charge in [-0.3, -0.25) is 0 Å². The summed E-state index contributed by atoms with van der Waals surface area (Å²) in [5.74, 6) is 1.42. The summed E-state index contributed by atoms with van der Waals surface area (Å²) in [6.45, 7) is 0.196. The topological polar surface area (TPSA) is 58.9 Å². The van der Waals surface area contributed by atoms with E-state index in [1.807, 2.05) is 60.7 Å². The Labute approximate surface area is 263 Å². The maximum absolute atomic E-state index is 9.77. The summed E-state index contributed by atoms with van der Waals surface area (Å²) in [5, 5.41) is 19.5. The summed E-state index contributed by atoms with van der Waals surface area (Å²) in [6, 6.07) is 50.5. The van der Waals surface area contributed by atoms with Crippen molar-refractivity contribution in [2.75, 3.05) is 26.4 Å². The summed E-state index contributed by atoms with van der Waals surface area (Å²) >= 11 is 0. The summed E-state index contributed by atoms with van der Waals surface area (Å²) in [5.41, 5.74) is 10.0. The Kier molecular flexibility index (Phi) is 7.91. The van der Waals surface area contributed by atoms with Crippen LogP contribution in [-0.2, 0) is 5.41 Å². The highest BCUT2D eigenvalue weighted by Crippen LogP contribution is 2.60. The van der Waals surface area contributed by atoms with Crippen LogP contribution >= 0.6 is 0 Å². The molecule has 0 saturated carbocycles. The molecule has 4 nitrogen and oxygen atoms in total. The molecule has 7 rings (SSSR count). The predicted octanol–water partition coefficient (Wildman–Crippen LogP) is 8.13. The van der Waals surface area contributed by atoms with Gasteiger partial charge in [0.2, 0.25) is 0 Å². The van der Waals surface area contributed by atoms with Gasteiger partial charge in [-0.25, -0.2) is 0 Å². The molecule has 0 spiro atoms. The minimum atomic E-state index is -0.777. The van der Waals surface area contributed by atoms with E-state index < -0.39 is 5.41 Å². The molecule has 2 N–H and O–H groups in total. The number of ether oxygens (including phenoxy) is 2. The highest BCUT2D eigenvalue weighted by atomic mass is 16.5. The molecule has 0 atom stereocenters. The molecule has 0 saturated heterocycles. The van der Waals surface area contributed by atoms with Crippen molar-refractivity contribution in [3.8, 4) is 44.9 Å². The average Bonchev–Trinajstić information content (AvgIpc) is 3.41. The highest BCUT2D eigenvalue weighted by Gasteiger charge is 2.49. The Balaban J connectivity index is 1.68. The molecule has 45 heavy (non-hydrogen) atoms. The first-order valence-corrected chi connectivity index (χ1v) is 15.3. The maximum Gasteiger partial charge on any atom is 0.127 e. The number of fused-ring (bicyclic) bond motifs is 3. The summed E-state index contributed by atoms with van der Waals surface area (Å²) in [4.78, 5) is 0. The molecule has 0 fully saturated rings. The van der Waals surface area contributed by atoms with E-state index in [4.69, 9.17) is 9.47 Å². The molecule has 222 valence electrons. The third kappa shape index (κ3) is 4.80. The zero-order valence-electron chi connectivity index (χ0n) is 24.9. The molecular formula is C41H34O4. The minimum absolute atomic E-state index is 0.0857. The van der Waals surface area contributed by atoms with Gasteiger partial charge in [-0.1, -0.05) is 133 Å². The van der Waals surface area contributed by atoms with Crippen LogP contribution in [0.4, 0.5) is 0 Å². The van der Waals surface area contributed by atoms with Gasteiger partial charge >= 0.3 is 0 Å². The van der Waals surface area contributed by atoms with Crippen molar-refractivity contribution in [3.05, 3.63) is 168 Å². The van der Waals surface area contributed by atoms with Gasteiger partial charge in [0.25, 0.3) is 0 Å². The van der Waals surface area contributed by atoms with Crippen molar-refractivity contribution < 1.29 is 19.7 Å². The molecule has 0 unspecified atom stereocenters. The van der Waals surface area contributed by atoms with Gasteiger partial charge < -0.3 is 19.7 Å². The predicted molar refractivity (Wildman–Crippen MR) is 180 cm³/mol. The molecule has 0 amide bonds. The highest BCUT2D eigenvalue weighted by molar-refractivity contribution is 5.93. The molecule has 6 aromatic rings. The fraction of sp³-hybridized carbons (Fsp3) is 0.122. The van der Waals surface area contributed by atoms with Crippen LogP contribution < -0.4 is 9.47 Å². The van der Waals surface area contributed by atoms with Crippen molar-refractivity contribution in [1.82, 2.24) is 0 Å². The van der Waals surface area contributed by atoms with Gasteiger partial charge in [0, 0.05) is 11.1 Å². The lowest BCUT2D eigenvalue weighted by atomic mass is 9.64. The van der Waals surface area contributed by atoms with E-state index in [0.717, 1.165) is 33.4 Å². The summed E-state index contributed by atoms with van der Waals surface area (Å²) < 4.78 is 12.6. The molecule has 0 bridgehead atoms. The number of aliphatic hydroxyl groups is 2. The molecule has 4 heteroatoms. The second kappa shape index (κ2) is 12.4. The van der Waals surface area contributed by atoms with Crippen molar-refractivity contribution in [3.63, 3.8) is 0 Å². The smallest absolute Gasteiger partial charge is 0.127 e. The number of benzene rings is 6. The second-order valence-electron chi connectivity index (χ2n) is 11.1. The first-order chi connectivity index (χ1) is 22.3. The van der Waals surface area contributed by atoms with Crippen LogP contribution in [0.5, 0.6) is 11.5 Å². The molecule has 6 aromatic carbocycles. The fourth-order valence-corrected chi connectivity index (χ4v) is 7.00. The van der Waals surface area contributed by atoms with Gasteiger partial charge in [0.1, 0.15) is 24.7 Å². The largest absolute Gasteiger partial charge is 0.491 e. The van der Waals surface area contributed by atoms with Crippen molar-refractivity contribution in [2.24, 2.45) is 0 Å². The van der Waals surface area contributed by atoms with Crippen LogP contribution in [0.15, 0.2) is 146 Å². The standard InChI is InChI=1S/C41H34O4/c42-25-27-44-37-23-11-21-35(39(37)29-13-3-1-4-14-29)41(33-19-9-7-17-31(33)32-18-8-10-20-34(32)41)36-22-12-24-38(45-28-26-43)40(36)30-15-5-2-6-16-30/h1-24,42-43H,25-28H2. The second-order valence-corrected chi connectivity index (χ2v) is 11.1. The lowest BCUT2D eigenvalue weighted by Crippen LogP contribution is -2.30. The van der Waals surface area contributed by atoms with Gasteiger partial charge in [-0.05, 0) is 56.6 Å². The van der Waals surface area contributed by atoms with Gasteiger partial charge in [-0.15, -0.1) is 0 Å². The van der Waals surface area contributed by atoms with E-state index in [-0.39, 0.29) is 26.4 Å². The molecular weight excluding hydrogens is 556 g/mol. The average molecular weight is 591 g/mol. The monoisotopic (exact) mass is 590 g/mol. The number of aliphatic hydroxyl groups excluding tert-OH is 2. The molecule has 1 aliphatic rings. The lowest BCUT2D eigenvalue weighted by Gasteiger charge is -2.38. The summed E-state index contributed by atoms with van der Waals surface area (Å²) in [6.07, 6.45) is 0. The zero-order valence-corrected chi connectivity index (χ0v) is 24.9.